The molecule has 0 bridgehead atoms. The molecule has 4 aromatic rings. The molecule has 0 spiro atoms. The van der Waals surface area contributed by atoms with Gasteiger partial charge in [0.25, 0.3) is 5.56 Å². The molecule has 1 fully saturated rings. The Labute approximate surface area is 152 Å². The summed E-state index contributed by atoms with van der Waals surface area (Å²) in [6, 6.07) is 12.1. The monoisotopic (exact) mass is 360 g/mol. The lowest BCUT2D eigenvalue weighted by molar-refractivity contribution is 0.712. The van der Waals surface area contributed by atoms with E-state index in [1.165, 1.54) is 11.8 Å². The van der Waals surface area contributed by atoms with Crippen LogP contribution in [0.1, 0.15) is 24.1 Å². The van der Waals surface area contributed by atoms with Crippen LogP contribution in [-0.4, -0.2) is 29.9 Å². The number of nitrogens with one attached hydrogen (secondary N) is 2. The highest BCUT2D eigenvalue weighted by Gasteiger charge is 2.49. The topological polar surface area (TPSA) is 109 Å². The Hall–Kier alpha value is -3.55. The Kier molecular flexibility index (Phi) is 3.18. The standard InChI is InChI=1S/C19H16N6O2/c1-25-16-12(9-14(22-23-16)13-10-20-18(27)21-17(13)26)15(24-25)19(7-8-19)11-5-3-2-4-6-11/h2-6,9-10H,7-8H2,1H3,(H2,20,21,26,27). The summed E-state index contributed by atoms with van der Waals surface area (Å²) >= 11 is 0. The first-order chi connectivity index (χ1) is 13.1. The fourth-order valence-electron chi connectivity index (χ4n) is 3.68. The van der Waals surface area contributed by atoms with E-state index in [2.05, 4.69) is 32.3 Å². The number of benzene rings is 1. The van der Waals surface area contributed by atoms with Gasteiger partial charge in [0.15, 0.2) is 5.65 Å². The molecule has 0 unspecified atom stereocenters. The summed E-state index contributed by atoms with van der Waals surface area (Å²) in [4.78, 5) is 28.1. The van der Waals surface area contributed by atoms with Crippen molar-refractivity contribution in [2.45, 2.75) is 18.3 Å². The maximum Gasteiger partial charge on any atom is 0.325 e. The molecule has 1 aliphatic rings. The Morgan fingerprint density at radius 3 is 2.59 bits per heavy atom. The van der Waals surface area contributed by atoms with E-state index < -0.39 is 11.2 Å². The van der Waals surface area contributed by atoms with Gasteiger partial charge in [-0.15, -0.1) is 10.2 Å². The van der Waals surface area contributed by atoms with E-state index in [0.29, 0.717) is 11.3 Å². The number of rotatable bonds is 3. The smallest absolute Gasteiger partial charge is 0.313 e. The molecule has 0 radical (unpaired) electrons. The van der Waals surface area contributed by atoms with Gasteiger partial charge in [0.2, 0.25) is 0 Å². The normalized spacial score (nSPS) is 15.1. The number of nitrogens with zero attached hydrogens (tertiary/aromatic N) is 4. The van der Waals surface area contributed by atoms with Gasteiger partial charge in [-0.1, -0.05) is 30.3 Å². The molecule has 1 saturated carbocycles. The minimum absolute atomic E-state index is 0.126. The van der Waals surface area contributed by atoms with Crippen molar-refractivity contribution in [2.24, 2.45) is 7.05 Å². The fraction of sp³-hybridized carbons (Fsp3) is 0.211. The zero-order valence-corrected chi connectivity index (χ0v) is 14.6. The van der Waals surface area contributed by atoms with Crippen molar-refractivity contribution in [3.05, 3.63) is 74.7 Å². The number of hydrogen-bond acceptors (Lipinski definition) is 5. The van der Waals surface area contributed by atoms with Crippen LogP contribution in [0.25, 0.3) is 22.3 Å². The van der Waals surface area contributed by atoms with Gasteiger partial charge in [0.05, 0.1) is 11.3 Å². The van der Waals surface area contributed by atoms with Gasteiger partial charge < -0.3 is 4.98 Å². The molecule has 0 saturated heterocycles. The molecule has 3 heterocycles. The first kappa shape index (κ1) is 15.7. The molecule has 27 heavy (non-hydrogen) atoms. The van der Waals surface area contributed by atoms with Crippen LogP contribution >= 0.6 is 0 Å². The van der Waals surface area contributed by atoms with Crippen LogP contribution in [-0.2, 0) is 12.5 Å². The number of fused-ring (bicyclic) bond motifs is 1. The molecule has 8 nitrogen and oxygen atoms in total. The second-order valence-electron chi connectivity index (χ2n) is 6.87. The number of H-pyrrole nitrogens is 2. The summed E-state index contributed by atoms with van der Waals surface area (Å²) in [7, 11) is 1.84. The molecule has 5 rings (SSSR count). The van der Waals surface area contributed by atoms with Gasteiger partial charge in [0.1, 0.15) is 5.69 Å². The third kappa shape index (κ3) is 2.33. The minimum Gasteiger partial charge on any atom is -0.313 e. The van der Waals surface area contributed by atoms with Crippen LogP contribution in [0.5, 0.6) is 0 Å². The summed E-state index contributed by atoms with van der Waals surface area (Å²) in [6.07, 6.45) is 3.39. The maximum atomic E-state index is 12.1. The predicted molar refractivity (Wildman–Crippen MR) is 99.4 cm³/mol. The molecule has 1 aromatic carbocycles. The second kappa shape index (κ2) is 5.47. The minimum atomic E-state index is -0.555. The Bertz CT molecular complexity index is 1280. The molecule has 134 valence electrons. The van der Waals surface area contributed by atoms with Gasteiger partial charge in [-0.3, -0.25) is 9.78 Å². The summed E-state index contributed by atoms with van der Waals surface area (Å²) in [5.74, 6) is 0. The van der Waals surface area contributed by atoms with E-state index in [0.717, 1.165) is 23.9 Å². The average Bonchev–Trinajstić information content (AvgIpc) is 3.42. The van der Waals surface area contributed by atoms with Crippen LogP contribution in [0.2, 0.25) is 0 Å². The van der Waals surface area contributed by atoms with E-state index in [-0.39, 0.29) is 11.0 Å². The van der Waals surface area contributed by atoms with Gasteiger partial charge in [-0.2, -0.15) is 5.10 Å². The first-order valence-corrected chi connectivity index (χ1v) is 8.67. The summed E-state index contributed by atoms with van der Waals surface area (Å²) in [6.45, 7) is 0. The van der Waals surface area contributed by atoms with Crippen LogP contribution in [0.4, 0.5) is 0 Å². The molecule has 0 aliphatic heterocycles. The predicted octanol–water partition coefficient (Wildman–Crippen LogP) is 1.49. The number of aromatic amines is 2. The van der Waals surface area contributed by atoms with Crippen molar-refractivity contribution in [3.63, 3.8) is 0 Å². The lowest BCUT2D eigenvalue weighted by Crippen LogP contribution is -2.22. The van der Waals surface area contributed by atoms with Crippen LogP contribution in [0.3, 0.4) is 0 Å². The lowest BCUT2D eigenvalue weighted by Gasteiger charge is -2.13. The third-order valence-electron chi connectivity index (χ3n) is 5.21. The van der Waals surface area contributed by atoms with Gasteiger partial charge in [-0.05, 0) is 24.5 Å². The molecule has 8 heteroatoms. The maximum absolute atomic E-state index is 12.1. The van der Waals surface area contributed by atoms with E-state index in [1.807, 2.05) is 31.3 Å². The van der Waals surface area contributed by atoms with E-state index in [1.54, 1.807) is 4.68 Å². The van der Waals surface area contributed by atoms with Crippen molar-refractivity contribution < 1.29 is 0 Å². The van der Waals surface area contributed by atoms with E-state index in [9.17, 15) is 9.59 Å². The molecule has 0 amide bonds. The van der Waals surface area contributed by atoms with Crippen molar-refractivity contribution in [1.82, 2.24) is 29.9 Å². The van der Waals surface area contributed by atoms with Crippen molar-refractivity contribution in [2.75, 3.05) is 0 Å². The molecule has 2 N–H and O–H groups in total. The molecule has 0 atom stereocenters. The van der Waals surface area contributed by atoms with Crippen molar-refractivity contribution in [1.29, 1.82) is 0 Å². The molecular formula is C19H16N6O2. The Balaban J connectivity index is 1.73. The van der Waals surface area contributed by atoms with Crippen LogP contribution < -0.4 is 11.2 Å². The highest BCUT2D eigenvalue weighted by molar-refractivity contribution is 5.84. The summed E-state index contributed by atoms with van der Waals surface area (Å²) in [5, 5.41) is 14.1. The van der Waals surface area contributed by atoms with Crippen molar-refractivity contribution >= 4 is 11.0 Å². The average molecular weight is 360 g/mol. The highest BCUT2D eigenvalue weighted by atomic mass is 16.2. The molecule has 3 aromatic heterocycles. The summed E-state index contributed by atoms with van der Waals surface area (Å²) < 4.78 is 1.72. The van der Waals surface area contributed by atoms with E-state index >= 15 is 0 Å². The fourth-order valence-corrected chi connectivity index (χ4v) is 3.68. The van der Waals surface area contributed by atoms with E-state index in [4.69, 9.17) is 5.10 Å². The zero-order valence-electron chi connectivity index (χ0n) is 14.6. The quantitative estimate of drug-likeness (QED) is 0.575. The largest absolute Gasteiger partial charge is 0.325 e. The van der Waals surface area contributed by atoms with Crippen LogP contribution in [0.15, 0.2) is 52.2 Å². The highest BCUT2D eigenvalue weighted by Crippen LogP contribution is 2.54. The molecule has 1 aliphatic carbocycles. The first-order valence-electron chi connectivity index (χ1n) is 8.67. The van der Waals surface area contributed by atoms with Crippen LogP contribution in [0, 0.1) is 0 Å². The zero-order chi connectivity index (χ0) is 18.6. The van der Waals surface area contributed by atoms with Gasteiger partial charge in [0, 0.05) is 24.0 Å². The summed E-state index contributed by atoms with van der Waals surface area (Å²) in [5.41, 5.74) is 2.33. The molecular weight excluding hydrogens is 344 g/mol. The van der Waals surface area contributed by atoms with Gasteiger partial charge >= 0.3 is 5.69 Å². The number of hydrogen-bond donors (Lipinski definition) is 2. The SMILES string of the molecule is Cn1nc(C2(c3ccccc3)CC2)c2cc(-c3c[nH]c(=O)[nH]c3=O)nnc21. The Morgan fingerprint density at radius 1 is 1.11 bits per heavy atom. The Morgan fingerprint density at radius 2 is 1.89 bits per heavy atom. The van der Waals surface area contributed by atoms with Gasteiger partial charge in [-0.25, -0.2) is 9.48 Å². The second-order valence-corrected chi connectivity index (χ2v) is 6.87. The lowest BCUT2D eigenvalue weighted by atomic mass is 9.91. The third-order valence-corrected chi connectivity index (χ3v) is 5.21. The number of aromatic nitrogens is 6. The van der Waals surface area contributed by atoms with Crippen molar-refractivity contribution in [3.8, 4) is 11.3 Å². The number of aryl methyl sites for hydroxylation is 1.